The molecule has 0 radical (unpaired) electrons. The number of likely N-dealkylation sites (N-methyl/N-ethyl adjacent to an activating group) is 1. The van der Waals surface area contributed by atoms with Crippen LogP contribution in [0.25, 0.3) is 0 Å². The lowest BCUT2D eigenvalue weighted by atomic mass is 10.0. The molecule has 10 heteroatoms. The van der Waals surface area contributed by atoms with Crippen molar-refractivity contribution >= 4 is 19.8 Å². The summed E-state index contributed by atoms with van der Waals surface area (Å²) >= 11 is 0. The van der Waals surface area contributed by atoms with Crippen molar-refractivity contribution in [2.24, 2.45) is 0 Å². The largest absolute Gasteiger partial charge is 0.472 e. The highest BCUT2D eigenvalue weighted by Gasteiger charge is 2.27. The number of hydrogen-bond donors (Lipinski definition) is 1. The fourth-order valence-corrected chi connectivity index (χ4v) is 8.41. The number of carbonyl (C=O) groups excluding carboxylic acids is 2. The number of esters is 2. The Bertz CT molecular complexity index is 1200. The van der Waals surface area contributed by atoms with E-state index in [-0.39, 0.29) is 32.0 Å². The van der Waals surface area contributed by atoms with Crippen molar-refractivity contribution in [3.8, 4) is 0 Å². The van der Waals surface area contributed by atoms with Gasteiger partial charge in [0.2, 0.25) is 0 Å². The van der Waals surface area contributed by atoms with Crippen molar-refractivity contribution in [1.82, 2.24) is 0 Å². The smallest absolute Gasteiger partial charge is 0.462 e. The number of allylic oxidation sites excluding steroid dienone is 6. The van der Waals surface area contributed by atoms with E-state index in [1.165, 1.54) is 148 Å². The Morgan fingerprint density at radius 3 is 1.23 bits per heavy atom. The average molecular weight is 939 g/mol. The van der Waals surface area contributed by atoms with Crippen LogP contribution in [0.4, 0.5) is 0 Å². The van der Waals surface area contributed by atoms with E-state index in [0.29, 0.717) is 17.4 Å². The summed E-state index contributed by atoms with van der Waals surface area (Å²) in [5.74, 6) is -0.801. The van der Waals surface area contributed by atoms with Gasteiger partial charge in [-0.2, -0.15) is 0 Å². The highest BCUT2D eigenvalue weighted by Crippen LogP contribution is 2.43. The van der Waals surface area contributed by atoms with E-state index >= 15 is 0 Å². The quantitative estimate of drug-likeness (QED) is 0.0211. The molecule has 0 aliphatic rings. The molecule has 0 bridgehead atoms. The van der Waals surface area contributed by atoms with Gasteiger partial charge in [-0.15, -0.1) is 0 Å². The number of ether oxygens (including phenoxy) is 2. The molecule has 0 aromatic rings. The Morgan fingerprint density at radius 2 is 0.831 bits per heavy atom. The first-order valence-electron chi connectivity index (χ1n) is 27.2. The molecule has 382 valence electrons. The topological polar surface area (TPSA) is 108 Å². The van der Waals surface area contributed by atoms with E-state index in [9.17, 15) is 19.0 Å². The second-order valence-corrected chi connectivity index (χ2v) is 21.1. The number of quaternary nitrogens is 1. The van der Waals surface area contributed by atoms with Crippen LogP contribution in [0.1, 0.15) is 251 Å². The van der Waals surface area contributed by atoms with E-state index in [0.717, 1.165) is 70.6 Å². The number of unbranched alkanes of at least 4 members (excludes halogenated alkanes) is 30. The summed E-state index contributed by atoms with van der Waals surface area (Å²) in [6, 6.07) is 0. The molecule has 0 spiro atoms. The fourth-order valence-electron chi connectivity index (χ4n) is 7.67. The Kier molecular flexibility index (Phi) is 46.0. The van der Waals surface area contributed by atoms with Crippen LogP contribution in [-0.2, 0) is 32.7 Å². The molecular weight excluding hydrogens is 834 g/mol. The van der Waals surface area contributed by atoms with Crippen molar-refractivity contribution in [2.75, 3.05) is 47.5 Å². The number of carbonyl (C=O) groups is 2. The third kappa shape index (κ3) is 51.5. The van der Waals surface area contributed by atoms with Gasteiger partial charge >= 0.3 is 19.8 Å². The molecule has 0 aliphatic carbocycles. The van der Waals surface area contributed by atoms with Crippen LogP contribution in [0, 0.1) is 0 Å². The van der Waals surface area contributed by atoms with Gasteiger partial charge in [0.25, 0.3) is 0 Å². The number of phosphoric acid groups is 1. The molecule has 0 aromatic heterocycles. The first-order chi connectivity index (χ1) is 31.5. The van der Waals surface area contributed by atoms with Crippen LogP contribution in [-0.4, -0.2) is 74.9 Å². The van der Waals surface area contributed by atoms with Gasteiger partial charge in [0, 0.05) is 12.8 Å². The maximum Gasteiger partial charge on any atom is 0.472 e. The molecule has 2 unspecified atom stereocenters. The van der Waals surface area contributed by atoms with E-state index in [1.54, 1.807) is 0 Å². The molecule has 0 heterocycles. The van der Waals surface area contributed by atoms with Crippen LogP contribution in [0.15, 0.2) is 36.5 Å². The maximum atomic E-state index is 12.8. The molecule has 0 rings (SSSR count). The summed E-state index contributed by atoms with van der Waals surface area (Å²) in [7, 11) is 1.47. The lowest BCUT2D eigenvalue weighted by Crippen LogP contribution is -2.37. The van der Waals surface area contributed by atoms with Gasteiger partial charge in [0.1, 0.15) is 19.8 Å². The monoisotopic (exact) mass is 939 g/mol. The lowest BCUT2D eigenvalue weighted by molar-refractivity contribution is -0.870. The van der Waals surface area contributed by atoms with E-state index in [1.807, 2.05) is 21.1 Å². The van der Waals surface area contributed by atoms with Crippen molar-refractivity contribution in [3.05, 3.63) is 36.5 Å². The van der Waals surface area contributed by atoms with Crippen molar-refractivity contribution in [1.29, 1.82) is 0 Å². The van der Waals surface area contributed by atoms with Gasteiger partial charge in [-0.05, 0) is 51.4 Å². The number of rotatable bonds is 50. The zero-order valence-electron chi connectivity index (χ0n) is 43.2. The third-order valence-corrected chi connectivity index (χ3v) is 12.9. The molecule has 0 amide bonds. The molecule has 2 atom stereocenters. The molecule has 0 saturated carbocycles. The van der Waals surface area contributed by atoms with Gasteiger partial charge in [-0.25, -0.2) is 4.57 Å². The molecule has 9 nitrogen and oxygen atoms in total. The Labute approximate surface area is 401 Å². The van der Waals surface area contributed by atoms with Gasteiger partial charge < -0.3 is 18.9 Å². The molecule has 65 heavy (non-hydrogen) atoms. The summed E-state index contributed by atoms with van der Waals surface area (Å²) < 4.78 is 34.5. The van der Waals surface area contributed by atoms with Crippen LogP contribution >= 0.6 is 7.82 Å². The second kappa shape index (κ2) is 47.3. The summed E-state index contributed by atoms with van der Waals surface area (Å²) in [4.78, 5) is 35.6. The molecule has 1 N–H and O–H groups in total. The minimum atomic E-state index is -4.38. The van der Waals surface area contributed by atoms with Crippen molar-refractivity contribution in [2.45, 2.75) is 258 Å². The summed E-state index contributed by atoms with van der Waals surface area (Å²) in [6.07, 6.45) is 56.2. The summed E-state index contributed by atoms with van der Waals surface area (Å²) in [6.45, 7) is 4.44. The predicted octanol–water partition coefficient (Wildman–Crippen LogP) is 16.4. The first kappa shape index (κ1) is 63.2. The first-order valence-corrected chi connectivity index (χ1v) is 28.7. The lowest BCUT2D eigenvalue weighted by Gasteiger charge is -2.24. The highest BCUT2D eigenvalue weighted by atomic mass is 31.2. The van der Waals surface area contributed by atoms with Gasteiger partial charge in [0.05, 0.1) is 27.7 Å². The normalized spacial score (nSPS) is 13.6. The third-order valence-electron chi connectivity index (χ3n) is 11.9. The molecule has 0 saturated heterocycles. The number of hydrogen-bond acceptors (Lipinski definition) is 7. The zero-order valence-corrected chi connectivity index (χ0v) is 44.1. The van der Waals surface area contributed by atoms with E-state index < -0.39 is 26.5 Å². The Morgan fingerprint density at radius 1 is 0.477 bits per heavy atom. The standard InChI is InChI=1S/C55H104NO8P/c1-6-8-10-12-14-16-18-20-22-24-26-28-30-32-34-36-38-40-42-44-46-48-55(58)64-53(52-63-65(59,60)62-50-49-56(3,4)5)51-61-54(57)47-45-43-41-39-37-35-33-31-29-27-25-23-21-19-17-15-13-11-9-7-2/h18,20,24,26,30,32,53H,6-17,19,21-23,25,27-29,31,33-52H2,1-5H3/p+1/b20-18-,26-24-,32-30-. The van der Waals surface area contributed by atoms with Crippen molar-refractivity contribution in [3.63, 3.8) is 0 Å². The van der Waals surface area contributed by atoms with Gasteiger partial charge in [-0.1, -0.05) is 224 Å². The fraction of sp³-hybridized carbons (Fsp3) is 0.855. The Hall–Kier alpha value is -1.77. The average Bonchev–Trinajstić information content (AvgIpc) is 3.26. The summed E-state index contributed by atoms with van der Waals surface area (Å²) in [5, 5.41) is 0. The molecule has 0 fully saturated rings. The van der Waals surface area contributed by atoms with E-state index in [4.69, 9.17) is 18.5 Å². The molecular formula is C55H105NO8P+. The van der Waals surface area contributed by atoms with Gasteiger partial charge in [-0.3, -0.25) is 18.6 Å². The van der Waals surface area contributed by atoms with E-state index in [2.05, 4.69) is 50.3 Å². The maximum absolute atomic E-state index is 12.8. The predicted molar refractivity (Wildman–Crippen MR) is 275 cm³/mol. The van der Waals surface area contributed by atoms with Crippen LogP contribution in [0.5, 0.6) is 0 Å². The Balaban J connectivity index is 4.23. The SMILES string of the molecule is CCCCCCC/C=C\C/C=C\C/C=C\CCCCCCCCC(=O)OC(COC(=O)CCCCCCCCCCCCCCCCCCCCCC)COP(=O)(O)OCC[N+](C)(C)C. The second-order valence-electron chi connectivity index (χ2n) is 19.6. The number of nitrogens with zero attached hydrogens (tertiary/aromatic N) is 1. The zero-order chi connectivity index (χ0) is 47.8. The van der Waals surface area contributed by atoms with Crippen LogP contribution in [0.3, 0.4) is 0 Å². The summed E-state index contributed by atoms with van der Waals surface area (Å²) in [5.41, 5.74) is 0. The highest BCUT2D eigenvalue weighted by molar-refractivity contribution is 7.47. The molecule has 0 aromatic carbocycles. The van der Waals surface area contributed by atoms with Crippen molar-refractivity contribution < 1.29 is 42.1 Å². The minimum Gasteiger partial charge on any atom is -0.462 e. The number of phosphoric ester groups is 1. The van der Waals surface area contributed by atoms with Crippen LogP contribution in [0.2, 0.25) is 0 Å². The van der Waals surface area contributed by atoms with Crippen LogP contribution < -0.4 is 0 Å². The minimum absolute atomic E-state index is 0.0299. The van der Waals surface area contributed by atoms with Gasteiger partial charge in [0.15, 0.2) is 6.10 Å². The molecule has 0 aliphatic heterocycles.